The Bertz CT molecular complexity index is 588. The largest absolute Gasteiger partial charge is 0.484 e. The highest BCUT2D eigenvalue weighted by Crippen LogP contribution is 2.33. The molecule has 0 aromatic heterocycles. The van der Waals surface area contributed by atoms with E-state index in [1.807, 2.05) is 0 Å². The first-order chi connectivity index (χ1) is 10.5. The van der Waals surface area contributed by atoms with Crippen molar-refractivity contribution in [2.75, 3.05) is 20.7 Å². The molecule has 0 aliphatic carbocycles. The molecule has 0 aliphatic rings. The summed E-state index contributed by atoms with van der Waals surface area (Å²) < 4.78 is 55.6. The minimum atomic E-state index is -4.86. The molecule has 128 valence electrons. The van der Waals surface area contributed by atoms with Crippen LogP contribution in [0.4, 0.5) is 17.6 Å². The lowest BCUT2D eigenvalue weighted by atomic mass is 10.2. The maximum Gasteiger partial charge on any atom is 0.419 e. The number of nitrogens with one attached hydrogen (secondary N) is 1. The fraction of sp³-hybridized carbons (Fsp3) is 0.429. The minimum Gasteiger partial charge on any atom is -0.484 e. The van der Waals surface area contributed by atoms with E-state index in [-0.39, 0.29) is 11.7 Å². The van der Waals surface area contributed by atoms with Gasteiger partial charge in [-0.15, -0.1) is 0 Å². The highest BCUT2D eigenvalue weighted by atomic mass is 19.4. The Morgan fingerprint density at radius 3 is 2.43 bits per heavy atom. The van der Waals surface area contributed by atoms with Gasteiger partial charge in [0.1, 0.15) is 17.6 Å². The lowest BCUT2D eigenvalue weighted by molar-refractivity contribution is -0.140. The Hall–Kier alpha value is -2.32. The summed E-state index contributed by atoms with van der Waals surface area (Å²) in [7, 11) is 3.03. The quantitative estimate of drug-likeness (QED) is 0.835. The van der Waals surface area contributed by atoms with Gasteiger partial charge in [0.2, 0.25) is 5.91 Å². The zero-order valence-corrected chi connectivity index (χ0v) is 12.7. The monoisotopic (exact) mass is 336 g/mol. The van der Waals surface area contributed by atoms with Crippen LogP contribution < -0.4 is 10.1 Å². The summed E-state index contributed by atoms with van der Waals surface area (Å²) in [5.41, 5.74) is -1.48. The Balaban J connectivity index is 2.65. The fourth-order valence-electron chi connectivity index (χ4n) is 1.69. The van der Waals surface area contributed by atoms with Crippen LogP contribution in [0.25, 0.3) is 0 Å². The van der Waals surface area contributed by atoms with Gasteiger partial charge in [-0.3, -0.25) is 9.59 Å². The van der Waals surface area contributed by atoms with Gasteiger partial charge in [0.05, 0.1) is 5.56 Å². The predicted octanol–water partition coefficient (Wildman–Crippen LogP) is 1.82. The van der Waals surface area contributed by atoms with Gasteiger partial charge in [-0.1, -0.05) is 0 Å². The number of alkyl halides is 3. The van der Waals surface area contributed by atoms with Crippen LogP contribution >= 0.6 is 0 Å². The zero-order valence-electron chi connectivity index (χ0n) is 12.7. The summed E-state index contributed by atoms with van der Waals surface area (Å²) in [6.45, 7) is 0.855. The molecule has 1 aromatic carbocycles. The third-order valence-corrected chi connectivity index (χ3v) is 2.80. The summed E-state index contributed by atoms with van der Waals surface area (Å²) in [6, 6.07) is 1.25. The van der Waals surface area contributed by atoms with Crippen LogP contribution in [0.3, 0.4) is 0 Å². The lowest BCUT2D eigenvalue weighted by Gasteiger charge is -2.18. The number of carbonyl (C=O) groups is 2. The van der Waals surface area contributed by atoms with Crippen LogP contribution in [0.5, 0.6) is 5.75 Å². The Morgan fingerprint density at radius 2 is 1.91 bits per heavy atom. The molecule has 0 aliphatic heterocycles. The maximum atomic E-state index is 13.1. The Labute approximate surface area is 130 Å². The highest BCUT2D eigenvalue weighted by Gasteiger charge is 2.34. The molecular formula is C14H16F4N2O3. The summed E-state index contributed by atoms with van der Waals surface area (Å²) in [5, 5.41) is 2.34. The number of hydrogen-bond donors (Lipinski definition) is 1. The highest BCUT2D eigenvalue weighted by molar-refractivity contribution is 5.87. The van der Waals surface area contributed by atoms with E-state index in [0.29, 0.717) is 12.1 Å². The normalized spacial score (nSPS) is 12.5. The van der Waals surface area contributed by atoms with Crippen LogP contribution in [0.15, 0.2) is 18.2 Å². The number of nitrogens with zero attached hydrogens (tertiary/aromatic N) is 1. The molecule has 0 saturated heterocycles. The topological polar surface area (TPSA) is 58.6 Å². The molecule has 2 amide bonds. The van der Waals surface area contributed by atoms with Crippen molar-refractivity contribution in [3.05, 3.63) is 29.6 Å². The number of amides is 2. The number of halogens is 4. The summed E-state index contributed by atoms with van der Waals surface area (Å²) >= 11 is 0. The molecular weight excluding hydrogens is 320 g/mol. The average molecular weight is 336 g/mol. The molecule has 0 heterocycles. The number of benzene rings is 1. The van der Waals surface area contributed by atoms with Gasteiger partial charge >= 0.3 is 6.18 Å². The van der Waals surface area contributed by atoms with Crippen molar-refractivity contribution in [1.29, 1.82) is 0 Å². The molecule has 0 unspecified atom stereocenters. The van der Waals surface area contributed by atoms with Crippen LogP contribution in [-0.2, 0) is 15.8 Å². The molecule has 0 fully saturated rings. The first kappa shape index (κ1) is 18.7. The third kappa shape index (κ3) is 5.42. The summed E-state index contributed by atoms with van der Waals surface area (Å²) in [4.78, 5) is 24.4. The molecule has 1 N–H and O–H groups in total. The predicted molar refractivity (Wildman–Crippen MR) is 73.2 cm³/mol. The average Bonchev–Trinajstić information content (AvgIpc) is 2.44. The molecule has 0 bridgehead atoms. The summed E-state index contributed by atoms with van der Waals surface area (Å²) in [6.07, 6.45) is -4.86. The van der Waals surface area contributed by atoms with Crippen molar-refractivity contribution in [3.8, 4) is 5.75 Å². The first-order valence-electron chi connectivity index (χ1n) is 6.52. The number of rotatable bonds is 5. The molecule has 0 spiro atoms. The second-order valence-electron chi connectivity index (χ2n) is 4.95. The van der Waals surface area contributed by atoms with Crippen molar-refractivity contribution < 1.29 is 31.9 Å². The summed E-state index contributed by atoms with van der Waals surface area (Å²) in [5.74, 6) is -2.77. The maximum absolute atomic E-state index is 13.1. The van der Waals surface area contributed by atoms with E-state index in [1.165, 1.54) is 25.9 Å². The first-order valence-corrected chi connectivity index (χ1v) is 6.52. The molecule has 1 aromatic rings. The fourth-order valence-corrected chi connectivity index (χ4v) is 1.69. The van der Waals surface area contributed by atoms with Crippen LogP contribution in [0.2, 0.25) is 0 Å². The van der Waals surface area contributed by atoms with Crippen molar-refractivity contribution in [3.63, 3.8) is 0 Å². The van der Waals surface area contributed by atoms with Crippen molar-refractivity contribution in [2.24, 2.45) is 0 Å². The van der Waals surface area contributed by atoms with Crippen molar-refractivity contribution >= 4 is 11.8 Å². The van der Waals surface area contributed by atoms with Crippen LogP contribution in [0.1, 0.15) is 12.5 Å². The van der Waals surface area contributed by atoms with E-state index < -0.39 is 36.1 Å². The van der Waals surface area contributed by atoms with Crippen molar-refractivity contribution in [1.82, 2.24) is 10.2 Å². The van der Waals surface area contributed by atoms with E-state index in [4.69, 9.17) is 4.74 Å². The zero-order chi connectivity index (χ0) is 17.8. The molecule has 5 nitrogen and oxygen atoms in total. The van der Waals surface area contributed by atoms with E-state index >= 15 is 0 Å². The molecule has 0 radical (unpaired) electrons. The van der Waals surface area contributed by atoms with Gasteiger partial charge in [-0.2, -0.15) is 13.2 Å². The van der Waals surface area contributed by atoms with Crippen LogP contribution in [0, 0.1) is 5.82 Å². The van der Waals surface area contributed by atoms with Crippen molar-refractivity contribution in [2.45, 2.75) is 19.1 Å². The molecule has 9 heteroatoms. The van der Waals surface area contributed by atoms with E-state index in [0.717, 1.165) is 6.07 Å². The Morgan fingerprint density at radius 1 is 1.30 bits per heavy atom. The molecule has 1 atom stereocenters. The second kappa shape index (κ2) is 7.30. The van der Waals surface area contributed by atoms with Gasteiger partial charge in [0.15, 0.2) is 6.61 Å². The van der Waals surface area contributed by atoms with E-state index in [9.17, 15) is 27.2 Å². The van der Waals surface area contributed by atoms with Gasteiger partial charge < -0.3 is 15.0 Å². The smallest absolute Gasteiger partial charge is 0.419 e. The lowest BCUT2D eigenvalue weighted by Crippen LogP contribution is -2.45. The Kier molecular flexibility index (Phi) is 5.94. The van der Waals surface area contributed by atoms with Gasteiger partial charge in [-0.25, -0.2) is 4.39 Å². The van der Waals surface area contributed by atoms with E-state index in [2.05, 4.69) is 5.32 Å². The molecule has 1 rings (SSSR count). The number of carbonyl (C=O) groups excluding carboxylic acids is 2. The standard InChI is InChI=1S/C14H16F4N2O3/c1-8(13(22)20(2)3)19-12(21)7-23-9-4-5-11(15)10(6-9)14(16,17)18/h4-6,8H,7H2,1-3H3,(H,19,21)/t8-/m0/s1. The molecule has 23 heavy (non-hydrogen) atoms. The minimum absolute atomic E-state index is 0.305. The number of ether oxygens (including phenoxy) is 1. The van der Waals surface area contributed by atoms with Gasteiger partial charge in [0, 0.05) is 14.1 Å². The second-order valence-corrected chi connectivity index (χ2v) is 4.95. The van der Waals surface area contributed by atoms with Gasteiger partial charge in [0.25, 0.3) is 5.91 Å². The van der Waals surface area contributed by atoms with Gasteiger partial charge in [-0.05, 0) is 25.1 Å². The SMILES string of the molecule is C[C@H](NC(=O)COc1ccc(F)c(C(F)(F)F)c1)C(=O)N(C)C. The number of likely N-dealkylation sites (N-methyl/N-ethyl adjacent to an activating group) is 1. The molecule has 0 saturated carbocycles. The van der Waals surface area contributed by atoms with E-state index in [1.54, 1.807) is 0 Å². The third-order valence-electron chi connectivity index (χ3n) is 2.80. The number of hydrogen-bond acceptors (Lipinski definition) is 3. The van der Waals surface area contributed by atoms with Crippen LogP contribution in [-0.4, -0.2) is 43.5 Å².